The molecule has 0 atom stereocenters. The van der Waals surface area contributed by atoms with E-state index in [1.54, 1.807) is 6.07 Å². The van der Waals surface area contributed by atoms with E-state index in [2.05, 4.69) is 5.32 Å². The Morgan fingerprint density at radius 1 is 1.40 bits per heavy atom. The Labute approximate surface area is 98.6 Å². The second kappa shape index (κ2) is 4.28. The van der Waals surface area contributed by atoms with Gasteiger partial charge in [0.2, 0.25) is 0 Å². The highest BCUT2D eigenvalue weighted by Crippen LogP contribution is 2.36. The molecule has 1 aromatic rings. The molecular formula is C11H12Cl2FN. The zero-order chi connectivity index (χ0) is 10.9. The monoisotopic (exact) mass is 247 g/mol. The first-order valence-electron chi connectivity index (χ1n) is 4.91. The molecule has 0 spiro atoms. The highest BCUT2D eigenvalue weighted by Gasteiger charge is 2.41. The third-order valence-electron chi connectivity index (χ3n) is 2.79. The van der Waals surface area contributed by atoms with Crippen LogP contribution >= 0.6 is 23.2 Å². The summed E-state index contributed by atoms with van der Waals surface area (Å²) in [4.78, 5) is 0. The predicted molar refractivity (Wildman–Crippen MR) is 60.9 cm³/mol. The maximum Gasteiger partial charge on any atom is 0.142 e. The van der Waals surface area contributed by atoms with E-state index in [0.717, 1.165) is 18.4 Å². The van der Waals surface area contributed by atoms with Crippen LogP contribution in [0.5, 0.6) is 0 Å². The van der Waals surface area contributed by atoms with Gasteiger partial charge in [0, 0.05) is 18.0 Å². The summed E-state index contributed by atoms with van der Waals surface area (Å²) in [6.07, 6.45) is 2.17. The van der Waals surface area contributed by atoms with Gasteiger partial charge in [0.05, 0.1) is 5.02 Å². The Balaban J connectivity index is 2.02. The molecule has 1 aliphatic carbocycles. The molecule has 15 heavy (non-hydrogen) atoms. The molecule has 0 amide bonds. The lowest BCUT2D eigenvalue weighted by molar-refractivity contribution is 0.540. The van der Waals surface area contributed by atoms with Gasteiger partial charge in [-0.05, 0) is 24.5 Å². The number of benzene rings is 1. The zero-order valence-corrected chi connectivity index (χ0v) is 9.71. The fourth-order valence-corrected chi connectivity index (χ4v) is 2.03. The Morgan fingerprint density at radius 2 is 2.13 bits per heavy atom. The number of alkyl halides is 1. The molecule has 0 saturated heterocycles. The highest BCUT2D eigenvalue weighted by atomic mass is 35.5. The molecule has 82 valence electrons. The number of nitrogens with one attached hydrogen (secondary N) is 1. The van der Waals surface area contributed by atoms with E-state index < -0.39 is 0 Å². The summed E-state index contributed by atoms with van der Waals surface area (Å²) < 4.78 is 13.1. The summed E-state index contributed by atoms with van der Waals surface area (Å²) in [5, 5.41) is 3.53. The molecule has 1 aliphatic rings. The second-order valence-corrected chi connectivity index (χ2v) is 4.63. The number of hydrogen-bond acceptors (Lipinski definition) is 1. The van der Waals surface area contributed by atoms with Gasteiger partial charge in [0.25, 0.3) is 0 Å². The fraction of sp³-hybridized carbons (Fsp3) is 0.455. The summed E-state index contributed by atoms with van der Waals surface area (Å²) in [7, 11) is 0. The molecule has 1 nitrogen and oxygen atoms in total. The van der Waals surface area contributed by atoms with Crippen LogP contribution in [-0.4, -0.2) is 11.4 Å². The standard InChI is InChI=1S/C11H12Cl2FN/c12-7-11(4-5-11)15-6-8-2-1-3-9(14)10(8)13/h1-3,15H,4-7H2. The van der Waals surface area contributed by atoms with E-state index in [9.17, 15) is 4.39 Å². The number of halogens is 3. The van der Waals surface area contributed by atoms with Crippen LogP contribution in [0.3, 0.4) is 0 Å². The summed E-state index contributed by atoms with van der Waals surface area (Å²) in [5.74, 6) is 0.228. The minimum Gasteiger partial charge on any atom is -0.306 e. The molecular weight excluding hydrogens is 236 g/mol. The van der Waals surface area contributed by atoms with Crippen LogP contribution < -0.4 is 5.32 Å². The highest BCUT2D eigenvalue weighted by molar-refractivity contribution is 6.31. The largest absolute Gasteiger partial charge is 0.306 e. The van der Waals surface area contributed by atoms with Crippen LogP contribution in [0.1, 0.15) is 18.4 Å². The second-order valence-electron chi connectivity index (χ2n) is 3.98. The molecule has 1 N–H and O–H groups in total. The first-order chi connectivity index (χ1) is 7.17. The molecule has 1 saturated carbocycles. The van der Waals surface area contributed by atoms with Gasteiger partial charge in [-0.1, -0.05) is 23.7 Å². The first-order valence-corrected chi connectivity index (χ1v) is 5.82. The lowest BCUT2D eigenvalue weighted by Gasteiger charge is -2.14. The van der Waals surface area contributed by atoms with Crippen LogP contribution in [0, 0.1) is 5.82 Å². The Morgan fingerprint density at radius 3 is 2.73 bits per heavy atom. The maximum atomic E-state index is 13.1. The van der Waals surface area contributed by atoms with Crippen molar-refractivity contribution < 1.29 is 4.39 Å². The smallest absolute Gasteiger partial charge is 0.142 e. The van der Waals surface area contributed by atoms with Crippen molar-refractivity contribution in [3.05, 3.63) is 34.6 Å². The normalized spacial score (nSPS) is 17.8. The van der Waals surface area contributed by atoms with Gasteiger partial charge in [0.1, 0.15) is 5.82 Å². The van der Waals surface area contributed by atoms with Crippen molar-refractivity contribution in [2.45, 2.75) is 24.9 Å². The van der Waals surface area contributed by atoms with Crippen molar-refractivity contribution in [2.24, 2.45) is 0 Å². The summed E-state index contributed by atoms with van der Waals surface area (Å²) in [6, 6.07) is 4.85. The van der Waals surface area contributed by atoms with E-state index in [0.29, 0.717) is 12.4 Å². The first kappa shape index (κ1) is 11.2. The number of rotatable bonds is 4. The Kier molecular flexibility index (Phi) is 3.19. The Hall–Kier alpha value is -0.310. The van der Waals surface area contributed by atoms with Gasteiger partial charge in [-0.15, -0.1) is 11.6 Å². The van der Waals surface area contributed by atoms with Crippen molar-refractivity contribution in [1.29, 1.82) is 0 Å². The quantitative estimate of drug-likeness (QED) is 0.806. The maximum absolute atomic E-state index is 13.1. The van der Waals surface area contributed by atoms with Crippen LogP contribution in [0.4, 0.5) is 4.39 Å². The minimum absolute atomic E-state index is 0.0667. The summed E-state index contributed by atoms with van der Waals surface area (Å²) >= 11 is 11.7. The lowest BCUT2D eigenvalue weighted by atomic mass is 10.2. The zero-order valence-electron chi connectivity index (χ0n) is 8.19. The topological polar surface area (TPSA) is 12.0 Å². The van der Waals surface area contributed by atoms with Crippen LogP contribution in [-0.2, 0) is 6.54 Å². The van der Waals surface area contributed by atoms with Gasteiger partial charge in [-0.3, -0.25) is 0 Å². The van der Waals surface area contributed by atoms with E-state index in [1.165, 1.54) is 6.07 Å². The molecule has 0 bridgehead atoms. The van der Waals surface area contributed by atoms with E-state index in [4.69, 9.17) is 23.2 Å². The molecule has 0 radical (unpaired) electrons. The van der Waals surface area contributed by atoms with Crippen LogP contribution in [0.2, 0.25) is 5.02 Å². The predicted octanol–water partition coefficient (Wildman–Crippen LogP) is 3.34. The fourth-order valence-electron chi connectivity index (χ4n) is 1.48. The minimum atomic E-state index is -0.369. The van der Waals surface area contributed by atoms with Gasteiger partial charge >= 0.3 is 0 Å². The van der Waals surface area contributed by atoms with Crippen molar-refractivity contribution >= 4 is 23.2 Å². The van der Waals surface area contributed by atoms with E-state index in [-0.39, 0.29) is 16.4 Å². The molecule has 0 aliphatic heterocycles. The van der Waals surface area contributed by atoms with Crippen molar-refractivity contribution in [1.82, 2.24) is 5.32 Å². The van der Waals surface area contributed by atoms with Crippen molar-refractivity contribution in [2.75, 3.05) is 5.88 Å². The molecule has 4 heteroatoms. The summed E-state index contributed by atoms with van der Waals surface area (Å²) in [5.41, 5.74) is 0.852. The van der Waals surface area contributed by atoms with Gasteiger partial charge in [-0.2, -0.15) is 0 Å². The van der Waals surface area contributed by atoms with Gasteiger partial charge in [0.15, 0.2) is 0 Å². The molecule has 1 fully saturated rings. The van der Waals surface area contributed by atoms with Crippen LogP contribution in [0.15, 0.2) is 18.2 Å². The average Bonchev–Trinajstić information content (AvgIpc) is 3.01. The molecule has 0 unspecified atom stereocenters. The van der Waals surface area contributed by atoms with Gasteiger partial charge in [-0.25, -0.2) is 4.39 Å². The van der Waals surface area contributed by atoms with Crippen LogP contribution in [0.25, 0.3) is 0 Å². The van der Waals surface area contributed by atoms with Crippen molar-refractivity contribution in [3.63, 3.8) is 0 Å². The SMILES string of the molecule is Fc1cccc(CNC2(CCl)CC2)c1Cl. The van der Waals surface area contributed by atoms with Crippen molar-refractivity contribution in [3.8, 4) is 0 Å². The van der Waals surface area contributed by atoms with Gasteiger partial charge < -0.3 is 5.32 Å². The molecule has 0 heterocycles. The molecule has 1 aromatic carbocycles. The third-order valence-corrected chi connectivity index (χ3v) is 3.73. The van der Waals surface area contributed by atoms with E-state index >= 15 is 0 Å². The van der Waals surface area contributed by atoms with E-state index in [1.807, 2.05) is 6.07 Å². The number of hydrogen-bond donors (Lipinski definition) is 1. The Bertz CT molecular complexity index is 364. The third kappa shape index (κ3) is 2.44. The molecule has 0 aromatic heterocycles. The molecule has 2 rings (SSSR count). The average molecular weight is 248 g/mol. The lowest BCUT2D eigenvalue weighted by Crippen LogP contribution is -2.32. The summed E-state index contributed by atoms with van der Waals surface area (Å²) in [6.45, 7) is 0.573.